The molecule has 19 heavy (non-hydrogen) atoms. The molecule has 0 heterocycles. The zero-order valence-electron chi connectivity index (χ0n) is 11.1. The quantitative estimate of drug-likeness (QED) is 0.619. The number of rotatable bonds is 4. The van der Waals surface area contributed by atoms with Crippen LogP contribution in [-0.4, -0.2) is 19.7 Å². The van der Waals surface area contributed by atoms with E-state index in [0.717, 1.165) is 37.0 Å². The number of methoxy groups -OCH3 is 1. The second-order valence-electron chi connectivity index (χ2n) is 5.09. The first-order chi connectivity index (χ1) is 9.22. The minimum absolute atomic E-state index is 0.133. The maximum atomic E-state index is 10.5. The summed E-state index contributed by atoms with van der Waals surface area (Å²) >= 11 is 6.13. The highest BCUT2D eigenvalue weighted by Crippen LogP contribution is 2.44. The van der Waals surface area contributed by atoms with E-state index in [1.807, 2.05) is 18.2 Å². The molecule has 1 aromatic rings. The summed E-state index contributed by atoms with van der Waals surface area (Å²) < 4.78 is 5.46. The molecule has 0 unspecified atom stereocenters. The van der Waals surface area contributed by atoms with Gasteiger partial charge in [-0.1, -0.05) is 30.9 Å². The SMILES string of the molecule is COc1ccc(Cl)cc1C1(CN=C=O)CCCCC1. The molecule has 0 spiro atoms. The van der Waals surface area contributed by atoms with E-state index in [-0.39, 0.29) is 5.41 Å². The number of hydrogen-bond donors (Lipinski definition) is 0. The minimum atomic E-state index is -0.133. The van der Waals surface area contributed by atoms with Crippen molar-refractivity contribution >= 4 is 17.7 Å². The molecule has 1 aliphatic carbocycles. The van der Waals surface area contributed by atoms with E-state index in [1.54, 1.807) is 13.2 Å². The van der Waals surface area contributed by atoms with Crippen LogP contribution < -0.4 is 4.74 Å². The number of carbonyl (C=O) groups excluding carboxylic acids is 1. The van der Waals surface area contributed by atoms with Gasteiger partial charge in [0.1, 0.15) is 5.75 Å². The van der Waals surface area contributed by atoms with Crippen molar-refractivity contribution in [2.24, 2.45) is 4.99 Å². The van der Waals surface area contributed by atoms with E-state index >= 15 is 0 Å². The largest absolute Gasteiger partial charge is 0.496 e. The summed E-state index contributed by atoms with van der Waals surface area (Å²) in [5.41, 5.74) is 0.938. The van der Waals surface area contributed by atoms with Crippen LogP contribution in [0.4, 0.5) is 0 Å². The van der Waals surface area contributed by atoms with Crippen molar-refractivity contribution in [2.75, 3.05) is 13.7 Å². The molecule has 3 nitrogen and oxygen atoms in total. The molecule has 0 radical (unpaired) electrons. The number of benzene rings is 1. The standard InChI is InChI=1S/C15H18ClNO2/c1-19-14-6-5-12(16)9-13(14)15(10-17-11-18)7-3-2-4-8-15/h5-6,9H,2-4,7-8,10H2,1H3. The van der Waals surface area contributed by atoms with Crippen molar-refractivity contribution in [3.63, 3.8) is 0 Å². The molecule has 0 aliphatic heterocycles. The van der Waals surface area contributed by atoms with E-state index in [4.69, 9.17) is 16.3 Å². The Kier molecular flexibility index (Phi) is 4.62. The van der Waals surface area contributed by atoms with Crippen LogP contribution in [0.2, 0.25) is 5.02 Å². The third-order valence-electron chi connectivity index (χ3n) is 3.99. The molecule has 0 bridgehead atoms. The zero-order valence-corrected chi connectivity index (χ0v) is 11.9. The van der Waals surface area contributed by atoms with Crippen molar-refractivity contribution in [1.29, 1.82) is 0 Å². The molecule has 0 saturated heterocycles. The van der Waals surface area contributed by atoms with Gasteiger partial charge < -0.3 is 4.74 Å². The van der Waals surface area contributed by atoms with E-state index in [1.165, 1.54) is 6.42 Å². The zero-order chi connectivity index (χ0) is 13.7. The van der Waals surface area contributed by atoms with Gasteiger partial charge in [0.25, 0.3) is 0 Å². The first-order valence-electron chi connectivity index (χ1n) is 6.59. The molecule has 1 aliphatic rings. The number of aliphatic imine (C=N–C) groups is 1. The molecule has 0 atom stereocenters. The molecule has 1 fully saturated rings. The highest BCUT2D eigenvalue weighted by atomic mass is 35.5. The van der Waals surface area contributed by atoms with Gasteiger partial charge in [-0.05, 0) is 31.0 Å². The smallest absolute Gasteiger partial charge is 0.234 e. The maximum absolute atomic E-state index is 10.5. The van der Waals surface area contributed by atoms with Crippen LogP contribution in [0.15, 0.2) is 23.2 Å². The van der Waals surface area contributed by atoms with Crippen molar-refractivity contribution in [1.82, 2.24) is 0 Å². The third kappa shape index (κ3) is 2.99. The summed E-state index contributed by atoms with van der Waals surface area (Å²) in [5, 5.41) is 0.691. The monoisotopic (exact) mass is 279 g/mol. The Labute approximate surface area is 118 Å². The number of isocyanates is 1. The van der Waals surface area contributed by atoms with Crippen LogP contribution in [0.3, 0.4) is 0 Å². The Hall–Kier alpha value is -1.31. The fourth-order valence-corrected chi connectivity index (χ4v) is 3.19. The Morgan fingerprint density at radius 3 is 2.74 bits per heavy atom. The molecule has 4 heteroatoms. The predicted molar refractivity (Wildman–Crippen MR) is 75.8 cm³/mol. The Balaban J connectivity index is 2.47. The summed E-state index contributed by atoms with van der Waals surface area (Å²) in [6.45, 7) is 0.465. The fourth-order valence-electron chi connectivity index (χ4n) is 3.02. The lowest BCUT2D eigenvalue weighted by Gasteiger charge is -2.37. The van der Waals surface area contributed by atoms with Gasteiger partial charge in [-0.3, -0.25) is 0 Å². The maximum Gasteiger partial charge on any atom is 0.234 e. The van der Waals surface area contributed by atoms with Crippen molar-refractivity contribution < 1.29 is 9.53 Å². The summed E-state index contributed by atoms with van der Waals surface area (Å²) in [4.78, 5) is 14.3. The van der Waals surface area contributed by atoms with E-state index in [2.05, 4.69) is 4.99 Å². The summed E-state index contributed by atoms with van der Waals surface area (Å²) in [6, 6.07) is 5.66. The first-order valence-corrected chi connectivity index (χ1v) is 6.97. The fraction of sp³-hybridized carbons (Fsp3) is 0.533. The van der Waals surface area contributed by atoms with Gasteiger partial charge in [0.05, 0.1) is 13.7 Å². The van der Waals surface area contributed by atoms with Gasteiger partial charge in [0, 0.05) is 16.0 Å². The van der Waals surface area contributed by atoms with Gasteiger partial charge >= 0.3 is 0 Å². The average molecular weight is 280 g/mol. The van der Waals surface area contributed by atoms with Crippen LogP contribution in [0.5, 0.6) is 5.75 Å². The van der Waals surface area contributed by atoms with Gasteiger partial charge in [-0.2, -0.15) is 0 Å². The molecular weight excluding hydrogens is 262 g/mol. The Morgan fingerprint density at radius 1 is 1.37 bits per heavy atom. The number of nitrogens with zero attached hydrogens (tertiary/aromatic N) is 1. The van der Waals surface area contributed by atoms with Crippen molar-refractivity contribution in [3.8, 4) is 5.75 Å². The number of ether oxygens (including phenoxy) is 1. The van der Waals surface area contributed by atoms with Crippen LogP contribution >= 0.6 is 11.6 Å². The highest BCUT2D eigenvalue weighted by molar-refractivity contribution is 6.30. The van der Waals surface area contributed by atoms with Gasteiger partial charge in [0.15, 0.2) is 0 Å². The first kappa shape index (κ1) is 14.1. The number of hydrogen-bond acceptors (Lipinski definition) is 3. The predicted octanol–water partition coefficient (Wildman–Crippen LogP) is 3.89. The van der Waals surface area contributed by atoms with Crippen LogP contribution in [0.1, 0.15) is 37.7 Å². The van der Waals surface area contributed by atoms with Gasteiger partial charge in [-0.25, -0.2) is 9.79 Å². The lowest BCUT2D eigenvalue weighted by Crippen LogP contribution is -2.32. The molecule has 0 amide bonds. The molecule has 102 valence electrons. The highest BCUT2D eigenvalue weighted by Gasteiger charge is 2.36. The van der Waals surface area contributed by atoms with Crippen LogP contribution in [0, 0.1) is 0 Å². The third-order valence-corrected chi connectivity index (χ3v) is 4.22. The Morgan fingerprint density at radius 2 is 2.11 bits per heavy atom. The van der Waals surface area contributed by atoms with Gasteiger partial charge in [-0.15, -0.1) is 0 Å². The van der Waals surface area contributed by atoms with Crippen LogP contribution in [-0.2, 0) is 10.2 Å². The molecule has 2 rings (SSSR count). The lowest BCUT2D eigenvalue weighted by molar-refractivity contribution is 0.288. The molecule has 1 saturated carbocycles. The van der Waals surface area contributed by atoms with Crippen molar-refractivity contribution in [3.05, 3.63) is 28.8 Å². The average Bonchev–Trinajstić information content (AvgIpc) is 2.46. The van der Waals surface area contributed by atoms with Gasteiger partial charge in [0.2, 0.25) is 6.08 Å². The molecular formula is C15H18ClNO2. The van der Waals surface area contributed by atoms with Crippen LogP contribution in [0.25, 0.3) is 0 Å². The molecule has 0 N–H and O–H groups in total. The van der Waals surface area contributed by atoms with E-state index in [0.29, 0.717) is 11.6 Å². The summed E-state index contributed by atoms with van der Waals surface area (Å²) in [6.07, 6.45) is 7.20. The minimum Gasteiger partial charge on any atom is -0.496 e. The normalized spacial score (nSPS) is 17.6. The van der Waals surface area contributed by atoms with Crippen molar-refractivity contribution in [2.45, 2.75) is 37.5 Å². The topological polar surface area (TPSA) is 38.7 Å². The lowest BCUT2D eigenvalue weighted by atomic mass is 9.69. The Bertz CT molecular complexity index is 489. The second kappa shape index (κ2) is 6.23. The summed E-state index contributed by atoms with van der Waals surface area (Å²) in [7, 11) is 1.66. The molecule has 0 aromatic heterocycles. The van der Waals surface area contributed by atoms with E-state index in [9.17, 15) is 4.79 Å². The second-order valence-corrected chi connectivity index (χ2v) is 5.53. The summed E-state index contributed by atoms with van der Waals surface area (Å²) in [5.74, 6) is 0.826. The molecule has 1 aromatic carbocycles. The van der Waals surface area contributed by atoms with E-state index < -0.39 is 0 Å². The number of halogens is 1.